The zero-order chi connectivity index (χ0) is 23.3. The molecule has 1 aliphatic carbocycles. The molecule has 0 saturated carbocycles. The van der Waals surface area contributed by atoms with E-state index in [1.54, 1.807) is 12.1 Å². The van der Waals surface area contributed by atoms with E-state index < -0.39 is 39.9 Å². The van der Waals surface area contributed by atoms with E-state index in [-0.39, 0.29) is 10.6 Å². The Hall–Kier alpha value is -1.96. The normalized spacial score (nSPS) is 16.0. The quantitative estimate of drug-likeness (QED) is 0.348. The van der Waals surface area contributed by atoms with E-state index in [1.165, 1.54) is 12.1 Å². The number of rotatable bonds is 4. The summed E-state index contributed by atoms with van der Waals surface area (Å²) in [5.41, 5.74) is -4.86. The predicted molar refractivity (Wildman–Crippen MR) is 108 cm³/mol. The molecule has 162 valence electrons. The predicted octanol–water partition coefficient (Wildman–Crippen LogP) is 7.28. The Balaban J connectivity index is 0.00000218. The van der Waals surface area contributed by atoms with Crippen LogP contribution in [0, 0.1) is 22.7 Å². The fraction of sp³-hybridized carbons (Fsp3) is 0.400. The van der Waals surface area contributed by atoms with Crippen LogP contribution in [0.3, 0.4) is 0 Å². The van der Waals surface area contributed by atoms with Crippen molar-refractivity contribution in [3.05, 3.63) is 52.1 Å². The van der Waals surface area contributed by atoms with Gasteiger partial charge in [0.25, 0.3) is 0 Å². The molecule has 2 atom stereocenters. The average molecular weight is 464 g/mol. The third-order valence-electron chi connectivity index (χ3n) is 4.15. The van der Waals surface area contributed by atoms with Gasteiger partial charge in [-0.2, -0.15) is 36.9 Å². The van der Waals surface area contributed by atoms with Gasteiger partial charge in [0.2, 0.25) is 0 Å². The molecule has 2 rings (SSSR count). The summed E-state index contributed by atoms with van der Waals surface area (Å²) in [6, 6.07) is 8.40. The van der Waals surface area contributed by atoms with Gasteiger partial charge >= 0.3 is 12.4 Å². The van der Waals surface area contributed by atoms with E-state index >= 15 is 0 Å². The number of hydrogen-bond donors (Lipinski definition) is 0. The fourth-order valence-corrected chi connectivity index (χ4v) is 4.30. The number of thioether (sulfide) groups is 1. The highest BCUT2D eigenvalue weighted by Crippen LogP contribution is 2.53. The lowest BCUT2D eigenvalue weighted by Crippen LogP contribution is -2.27. The monoisotopic (exact) mass is 464 g/mol. The molecule has 0 bridgehead atoms. The Bertz CT molecular complexity index is 854. The van der Waals surface area contributed by atoms with E-state index in [9.17, 15) is 26.3 Å². The van der Waals surface area contributed by atoms with E-state index in [0.717, 1.165) is 24.1 Å². The number of halogens is 6. The number of nitriles is 2. The molecule has 30 heavy (non-hydrogen) atoms. The number of alkyl halides is 6. The molecule has 1 aromatic carbocycles. The van der Waals surface area contributed by atoms with Crippen molar-refractivity contribution in [3.8, 4) is 12.1 Å². The molecule has 0 amide bonds. The molecule has 0 aromatic heterocycles. The maximum Gasteiger partial charge on any atom is 0.415 e. The van der Waals surface area contributed by atoms with Crippen LogP contribution in [0.25, 0.3) is 0 Å². The van der Waals surface area contributed by atoms with Crippen LogP contribution in [-0.4, -0.2) is 17.6 Å². The van der Waals surface area contributed by atoms with E-state index in [2.05, 4.69) is 9.24 Å². The van der Waals surface area contributed by atoms with Crippen LogP contribution in [0.4, 0.5) is 26.3 Å². The number of nitrogens with zero attached hydrogens (tertiary/aromatic N) is 2. The average Bonchev–Trinajstić information content (AvgIpc) is 3.03. The minimum Gasteiger partial charge on any atom is -0.192 e. The van der Waals surface area contributed by atoms with Crippen molar-refractivity contribution in [2.45, 2.75) is 55.3 Å². The molecule has 0 heterocycles. The highest BCUT2D eigenvalue weighted by molar-refractivity contribution is 8.00. The molecule has 0 fully saturated rings. The molecule has 0 N–H and O–H groups in total. The third kappa shape index (κ3) is 5.59. The summed E-state index contributed by atoms with van der Waals surface area (Å²) in [6.07, 6.45) is -9.59. The van der Waals surface area contributed by atoms with Crippen molar-refractivity contribution in [1.82, 2.24) is 0 Å². The first-order valence-corrected chi connectivity index (χ1v) is 10.5. The molecule has 0 radical (unpaired) electrons. The van der Waals surface area contributed by atoms with Crippen LogP contribution in [0.15, 0.2) is 51.5 Å². The summed E-state index contributed by atoms with van der Waals surface area (Å²) < 4.78 is 81.1. The van der Waals surface area contributed by atoms with Crippen LogP contribution in [0.1, 0.15) is 38.4 Å². The van der Waals surface area contributed by atoms with Gasteiger partial charge in [-0.25, -0.2) is 0 Å². The lowest BCUT2D eigenvalue weighted by Gasteiger charge is -2.22. The van der Waals surface area contributed by atoms with Gasteiger partial charge in [-0.05, 0) is 29.8 Å². The smallest absolute Gasteiger partial charge is 0.192 e. The number of hydrogen-bond acceptors (Lipinski definition) is 3. The molecule has 0 aliphatic heterocycles. The Kier molecular flexibility index (Phi) is 9.02. The van der Waals surface area contributed by atoms with Crippen LogP contribution in [0.5, 0.6) is 0 Å². The lowest BCUT2D eigenvalue weighted by molar-refractivity contribution is -0.102. The van der Waals surface area contributed by atoms with E-state index in [4.69, 9.17) is 10.5 Å². The van der Waals surface area contributed by atoms with Crippen molar-refractivity contribution in [2.24, 2.45) is 0 Å². The van der Waals surface area contributed by atoms with Gasteiger partial charge in [0.1, 0.15) is 12.1 Å². The SMILES string of the molecule is CC.CCC(P)c1ccc(SC2C(C(F)(F)F)=C(C#N)C(C#N)=C2C(F)(F)F)cc1. The van der Waals surface area contributed by atoms with Crippen LogP contribution in [0.2, 0.25) is 0 Å². The van der Waals surface area contributed by atoms with E-state index in [1.807, 2.05) is 20.8 Å². The van der Waals surface area contributed by atoms with Gasteiger partial charge in [0.05, 0.1) is 27.5 Å². The first-order chi connectivity index (χ1) is 14.0. The van der Waals surface area contributed by atoms with Crippen molar-refractivity contribution >= 4 is 21.0 Å². The second kappa shape index (κ2) is 10.4. The Morgan fingerprint density at radius 1 is 0.933 bits per heavy atom. The number of benzene rings is 1. The zero-order valence-electron chi connectivity index (χ0n) is 16.3. The summed E-state index contributed by atoms with van der Waals surface area (Å²) in [4.78, 5) is 0.169. The van der Waals surface area contributed by atoms with Gasteiger partial charge < -0.3 is 0 Å². The number of allylic oxidation sites excluding steroid dienone is 2. The standard InChI is InChI=1S/C18H13F6N2PS.C2H6/c1-2-13(27)9-3-5-10(6-4-9)28-16-14(17(19,20)21)11(7-25)12(8-26)15(16)18(22,23)24;1-2/h3-6,13,16H,2,27H2,1H3;1-2H3. The molecule has 0 spiro atoms. The summed E-state index contributed by atoms with van der Waals surface area (Å²) in [5, 5.41) is 15.8. The van der Waals surface area contributed by atoms with Gasteiger partial charge in [0.15, 0.2) is 0 Å². The second-order valence-corrected chi connectivity index (χ2v) is 7.86. The highest BCUT2D eigenvalue weighted by Gasteiger charge is 2.55. The van der Waals surface area contributed by atoms with Crippen molar-refractivity contribution in [3.63, 3.8) is 0 Å². The van der Waals surface area contributed by atoms with E-state index in [0.29, 0.717) is 11.8 Å². The molecule has 1 aliphatic rings. The van der Waals surface area contributed by atoms with Gasteiger partial charge in [-0.15, -0.1) is 21.0 Å². The van der Waals surface area contributed by atoms with Gasteiger partial charge in [-0.3, -0.25) is 0 Å². The summed E-state index contributed by atoms with van der Waals surface area (Å²) in [6.45, 7) is 5.94. The van der Waals surface area contributed by atoms with Crippen LogP contribution < -0.4 is 0 Å². The molecule has 0 saturated heterocycles. The largest absolute Gasteiger partial charge is 0.415 e. The molecule has 10 heteroatoms. The summed E-state index contributed by atoms with van der Waals surface area (Å²) in [7, 11) is 2.60. The zero-order valence-corrected chi connectivity index (χ0v) is 18.3. The molecule has 1 aromatic rings. The van der Waals surface area contributed by atoms with Crippen molar-refractivity contribution < 1.29 is 26.3 Å². The van der Waals surface area contributed by atoms with Crippen LogP contribution in [-0.2, 0) is 0 Å². The minimum absolute atomic E-state index is 0.108. The van der Waals surface area contributed by atoms with Crippen LogP contribution >= 0.6 is 21.0 Å². The maximum atomic E-state index is 13.5. The Labute approximate surface area is 177 Å². The van der Waals surface area contributed by atoms with Gasteiger partial charge in [0, 0.05) is 4.90 Å². The summed E-state index contributed by atoms with van der Waals surface area (Å²) in [5.74, 6) is 0. The maximum absolute atomic E-state index is 13.5. The molecule has 2 unspecified atom stereocenters. The molecular weight excluding hydrogens is 445 g/mol. The Morgan fingerprint density at radius 3 is 1.63 bits per heavy atom. The van der Waals surface area contributed by atoms with Gasteiger partial charge in [-0.1, -0.05) is 32.9 Å². The summed E-state index contributed by atoms with van der Waals surface area (Å²) >= 11 is 0.323. The lowest BCUT2D eigenvalue weighted by atomic mass is 10.1. The first-order valence-electron chi connectivity index (χ1n) is 8.91. The molecule has 2 nitrogen and oxygen atoms in total. The van der Waals surface area contributed by atoms with Crippen molar-refractivity contribution in [1.29, 1.82) is 10.5 Å². The first kappa shape index (κ1) is 26.1. The van der Waals surface area contributed by atoms with Crippen molar-refractivity contribution in [2.75, 3.05) is 0 Å². The Morgan fingerprint density at radius 2 is 1.33 bits per heavy atom. The third-order valence-corrected chi connectivity index (χ3v) is 6.26. The molecular formula is C20H19F6N2PS. The minimum atomic E-state index is -5.19. The fourth-order valence-electron chi connectivity index (χ4n) is 2.77. The second-order valence-electron chi connectivity index (χ2n) is 5.88. The highest BCUT2D eigenvalue weighted by atomic mass is 32.2. The topological polar surface area (TPSA) is 47.6 Å².